The van der Waals surface area contributed by atoms with Crippen LogP contribution in [0.15, 0.2) is 30.3 Å². The standard InChI is InChI=1S/C17H26N2O3S.ClH/c1-14-12-16(9-10-18-14)19-17(20)13-23(21,22)11-5-8-15-6-3-2-4-7-15;/h2-4,6-7,14,16,18H,5,8-13H2,1H3,(H,19,20);1H. The summed E-state index contributed by atoms with van der Waals surface area (Å²) in [6.45, 7) is 2.93. The van der Waals surface area contributed by atoms with Crippen LogP contribution in [0.4, 0.5) is 0 Å². The third-order valence-corrected chi connectivity index (χ3v) is 5.72. The summed E-state index contributed by atoms with van der Waals surface area (Å²) in [5, 5.41) is 6.16. The van der Waals surface area contributed by atoms with E-state index in [9.17, 15) is 13.2 Å². The zero-order valence-corrected chi connectivity index (χ0v) is 15.7. The molecule has 1 saturated heterocycles. The predicted molar refractivity (Wildman–Crippen MR) is 99.3 cm³/mol. The average molecular weight is 375 g/mol. The Morgan fingerprint density at radius 2 is 2.00 bits per heavy atom. The minimum Gasteiger partial charge on any atom is -0.352 e. The van der Waals surface area contributed by atoms with Gasteiger partial charge in [0.1, 0.15) is 5.75 Å². The Morgan fingerprint density at radius 1 is 1.29 bits per heavy atom. The van der Waals surface area contributed by atoms with Crippen LogP contribution in [0.5, 0.6) is 0 Å². The van der Waals surface area contributed by atoms with Gasteiger partial charge in [-0.1, -0.05) is 30.3 Å². The van der Waals surface area contributed by atoms with E-state index in [1.165, 1.54) is 0 Å². The van der Waals surface area contributed by atoms with E-state index in [-0.39, 0.29) is 30.1 Å². The maximum absolute atomic E-state index is 12.1. The first-order valence-corrected chi connectivity index (χ1v) is 10.0. The summed E-state index contributed by atoms with van der Waals surface area (Å²) in [5.41, 5.74) is 1.12. The van der Waals surface area contributed by atoms with E-state index in [0.29, 0.717) is 18.9 Å². The first kappa shape index (κ1) is 20.9. The van der Waals surface area contributed by atoms with Crippen LogP contribution in [-0.4, -0.2) is 44.5 Å². The van der Waals surface area contributed by atoms with Gasteiger partial charge in [0, 0.05) is 12.1 Å². The first-order chi connectivity index (χ1) is 10.9. The topological polar surface area (TPSA) is 75.3 Å². The minimum atomic E-state index is -3.34. The number of nitrogens with one attached hydrogen (secondary N) is 2. The van der Waals surface area contributed by atoms with Crippen LogP contribution in [0, 0.1) is 0 Å². The minimum absolute atomic E-state index is 0. The quantitative estimate of drug-likeness (QED) is 0.761. The van der Waals surface area contributed by atoms with Gasteiger partial charge in [-0.15, -0.1) is 12.4 Å². The summed E-state index contributed by atoms with van der Waals surface area (Å²) < 4.78 is 24.1. The number of hydrogen-bond acceptors (Lipinski definition) is 4. The Labute approximate surface area is 150 Å². The molecule has 0 bridgehead atoms. The van der Waals surface area contributed by atoms with E-state index < -0.39 is 15.6 Å². The van der Waals surface area contributed by atoms with Crippen LogP contribution in [0.25, 0.3) is 0 Å². The summed E-state index contributed by atoms with van der Waals surface area (Å²) in [6, 6.07) is 10.2. The molecule has 0 aliphatic carbocycles. The van der Waals surface area contributed by atoms with E-state index in [2.05, 4.69) is 17.6 Å². The zero-order chi connectivity index (χ0) is 16.7. The molecule has 136 valence electrons. The fourth-order valence-electron chi connectivity index (χ4n) is 2.95. The lowest BCUT2D eigenvalue weighted by Crippen LogP contribution is -2.47. The van der Waals surface area contributed by atoms with Crippen LogP contribution in [0.2, 0.25) is 0 Å². The predicted octanol–water partition coefficient (Wildman–Crippen LogP) is 1.71. The van der Waals surface area contributed by atoms with Crippen molar-refractivity contribution in [2.75, 3.05) is 18.1 Å². The number of hydrogen-bond donors (Lipinski definition) is 2. The molecule has 1 fully saturated rings. The van der Waals surface area contributed by atoms with Gasteiger partial charge in [-0.3, -0.25) is 4.79 Å². The van der Waals surface area contributed by atoms with Crippen molar-refractivity contribution in [2.45, 2.75) is 44.7 Å². The molecule has 1 aromatic rings. The average Bonchev–Trinajstić information content (AvgIpc) is 2.47. The maximum Gasteiger partial charge on any atom is 0.235 e. The van der Waals surface area contributed by atoms with Crippen molar-refractivity contribution in [3.8, 4) is 0 Å². The largest absolute Gasteiger partial charge is 0.352 e. The maximum atomic E-state index is 12.1. The highest BCUT2D eigenvalue weighted by Gasteiger charge is 2.22. The van der Waals surface area contributed by atoms with E-state index in [0.717, 1.165) is 24.9 Å². The molecule has 1 aromatic carbocycles. The summed E-state index contributed by atoms with van der Waals surface area (Å²) in [7, 11) is -3.34. The van der Waals surface area contributed by atoms with E-state index in [4.69, 9.17) is 0 Å². The van der Waals surface area contributed by atoms with Gasteiger partial charge in [0.25, 0.3) is 0 Å². The lowest BCUT2D eigenvalue weighted by molar-refractivity contribution is -0.119. The smallest absolute Gasteiger partial charge is 0.235 e. The fourth-order valence-corrected chi connectivity index (χ4v) is 4.16. The Bertz CT molecular complexity index is 608. The van der Waals surface area contributed by atoms with Crippen LogP contribution in [-0.2, 0) is 21.1 Å². The van der Waals surface area contributed by atoms with Gasteiger partial charge in [0.15, 0.2) is 9.84 Å². The van der Waals surface area contributed by atoms with Crippen molar-refractivity contribution in [2.24, 2.45) is 0 Å². The van der Waals surface area contributed by atoms with Crippen molar-refractivity contribution in [1.82, 2.24) is 10.6 Å². The number of rotatable bonds is 7. The molecular formula is C17H27ClN2O3S. The fraction of sp³-hybridized carbons (Fsp3) is 0.588. The Kier molecular flexibility index (Phi) is 8.73. The molecule has 2 N–H and O–H groups in total. The van der Waals surface area contributed by atoms with Crippen molar-refractivity contribution in [3.05, 3.63) is 35.9 Å². The molecule has 2 unspecified atom stereocenters. The van der Waals surface area contributed by atoms with Crippen molar-refractivity contribution >= 4 is 28.2 Å². The first-order valence-electron chi connectivity index (χ1n) is 8.22. The van der Waals surface area contributed by atoms with Gasteiger partial charge >= 0.3 is 0 Å². The molecule has 2 rings (SSSR count). The Hall–Kier alpha value is -1.11. The molecule has 0 spiro atoms. The van der Waals surface area contributed by atoms with Crippen LogP contribution < -0.4 is 10.6 Å². The molecule has 1 aliphatic rings. The Morgan fingerprint density at radius 3 is 2.67 bits per heavy atom. The van der Waals surface area contributed by atoms with Crippen LogP contribution in [0.1, 0.15) is 31.7 Å². The third-order valence-electron chi connectivity index (χ3n) is 4.10. The molecule has 0 radical (unpaired) electrons. The van der Waals surface area contributed by atoms with Gasteiger partial charge in [-0.05, 0) is 44.7 Å². The monoisotopic (exact) mass is 374 g/mol. The molecule has 2 atom stereocenters. The number of aryl methyl sites for hydroxylation is 1. The molecule has 0 saturated carbocycles. The van der Waals surface area contributed by atoms with Gasteiger partial charge in [-0.2, -0.15) is 0 Å². The summed E-state index contributed by atoms with van der Waals surface area (Å²) in [6.07, 6.45) is 2.96. The number of piperidine rings is 1. The van der Waals surface area contributed by atoms with Crippen LogP contribution in [0.3, 0.4) is 0 Å². The lowest BCUT2D eigenvalue weighted by Gasteiger charge is -2.28. The molecule has 1 amide bonds. The number of sulfone groups is 1. The van der Waals surface area contributed by atoms with Gasteiger partial charge in [-0.25, -0.2) is 8.42 Å². The summed E-state index contributed by atoms with van der Waals surface area (Å²) >= 11 is 0. The molecule has 0 aromatic heterocycles. The third kappa shape index (κ3) is 7.64. The molecule has 1 heterocycles. The van der Waals surface area contributed by atoms with Crippen molar-refractivity contribution in [3.63, 3.8) is 0 Å². The molecule has 7 heteroatoms. The van der Waals surface area contributed by atoms with Crippen molar-refractivity contribution in [1.29, 1.82) is 0 Å². The van der Waals surface area contributed by atoms with Gasteiger partial charge < -0.3 is 10.6 Å². The number of benzene rings is 1. The van der Waals surface area contributed by atoms with E-state index in [1.54, 1.807) is 0 Å². The number of carbonyl (C=O) groups excluding carboxylic acids is 1. The molecule has 24 heavy (non-hydrogen) atoms. The zero-order valence-electron chi connectivity index (χ0n) is 14.0. The molecule has 5 nitrogen and oxygen atoms in total. The summed E-state index contributed by atoms with van der Waals surface area (Å²) in [4.78, 5) is 12.0. The molecule has 1 aliphatic heterocycles. The lowest BCUT2D eigenvalue weighted by atomic mass is 10.0. The highest BCUT2D eigenvalue weighted by molar-refractivity contribution is 7.92. The second-order valence-electron chi connectivity index (χ2n) is 6.33. The normalized spacial score (nSPS) is 20.9. The number of carbonyl (C=O) groups is 1. The van der Waals surface area contributed by atoms with Crippen LogP contribution >= 0.6 is 12.4 Å². The Balaban J connectivity index is 0.00000288. The highest BCUT2D eigenvalue weighted by Crippen LogP contribution is 2.09. The highest BCUT2D eigenvalue weighted by atomic mass is 35.5. The number of amides is 1. The second-order valence-corrected chi connectivity index (χ2v) is 8.51. The number of halogens is 1. The SMILES string of the molecule is CC1CC(NC(=O)CS(=O)(=O)CCCc2ccccc2)CCN1.Cl. The second kappa shape index (κ2) is 10.0. The van der Waals surface area contributed by atoms with Crippen molar-refractivity contribution < 1.29 is 13.2 Å². The van der Waals surface area contributed by atoms with Gasteiger partial charge in [0.05, 0.1) is 5.75 Å². The molecular weight excluding hydrogens is 348 g/mol. The van der Waals surface area contributed by atoms with E-state index >= 15 is 0 Å². The van der Waals surface area contributed by atoms with Gasteiger partial charge in [0.2, 0.25) is 5.91 Å². The van der Waals surface area contributed by atoms with E-state index in [1.807, 2.05) is 30.3 Å². The summed E-state index contributed by atoms with van der Waals surface area (Å²) in [5.74, 6) is -0.721.